The maximum Gasteiger partial charge on any atom is 0.143 e. The second-order valence-corrected chi connectivity index (χ2v) is 4.21. The Balaban J connectivity index is 2.44. The van der Waals surface area contributed by atoms with E-state index in [1.807, 2.05) is 20.0 Å². The van der Waals surface area contributed by atoms with Crippen LogP contribution in [0, 0.1) is 13.8 Å². The van der Waals surface area contributed by atoms with Gasteiger partial charge < -0.3 is 5.32 Å². The van der Waals surface area contributed by atoms with Crippen molar-refractivity contribution >= 4 is 0 Å². The minimum absolute atomic E-state index is 0.695. The topological polar surface area (TPSA) is 37.8 Å². The highest BCUT2D eigenvalue weighted by Gasteiger charge is 2.04. The van der Waals surface area contributed by atoms with Crippen molar-refractivity contribution in [3.05, 3.63) is 47.4 Å². The predicted octanol–water partition coefficient (Wildman–Crippen LogP) is 2.48. The predicted molar refractivity (Wildman–Crippen MR) is 69.7 cm³/mol. The molecule has 0 saturated carbocycles. The van der Waals surface area contributed by atoms with Crippen LogP contribution in [0.25, 0.3) is 11.3 Å². The number of aryl methyl sites for hydroxylation is 2. The van der Waals surface area contributed by atoms with Crippen LogP contribution in [0.5, 0.6) is 0 Å². The second-order valence-electron chi connectivity index (χ2n) is 4.21. The van der Waals surface area contributed by atoms with Crippen LogP contribution in [0.3, 0.4) is 0 Å². The lowest BCUT2D eigenvalue weighted by atomic mass is 10.1. The summed E-state index contributed by atoms with van der Waals surface area (Å²) in [6.07, 6.45) is 0. The van der Waals surface area contributed by atoms with E-state index in [1.54, 1.807) is 0 Å². The summed E-state index contributed by atoms with van der Waals surface area (Å²) in [6, 6.07) is 10.4. The zero-order chi connectivity index (χ0) is 12.3. The summed E-state index contributed by atoms with van der Waals surface area (Å²) in [5.41, 5.74) is 4.38. The Morgan fingerprint density at radius 3 is 2.65 bits per heavy atom. The van der Waals surface area contributed by atoms with Crippen LogP contribution in [-0.4, -0.2) is 17.0 Å². The lowest BCUT2D eigenvalue weighted by molar-refractivity contribution is 0.754. The van der Waals surface area contributed by atoms with Gasteiger partial charge in [-0.1, -0.05) is 23.8 Å². The number of hydrogen-bond acceptors (Lipinski definition) is 3. The highest BCUT2D eigenvalue weighted by molar-refractivity contribution is 5.60. The quantitative estimate of drug-likeness (QED) is 0.875. The van der Waals surface area contributed by atoms with Crippen molar-refractivity contribution in [3.8, 4) is 11.3 Å². The molecule has 0 aliphatic carbocycles. The molecule has 2 aromatic rings. The molecule has 2 rings (SSSR count). The third-order valence-corrected chi connectivity index (χ3v) is 2.55. The van der Waals surface area contributed by atoms with Gasteiger partial charge in [-0.3, -0.25) is 0 Å². The van der Waals surface area contributed by atoms with Gasteiger partial charge in [-0.05, 0) is 33.0 Å². The Kier molecular flexibility index (Phi) is 3.49. The maximum atomic E-state index is 4.56. The van der Waals surface area contributed by atoms with Crippen molar-refractivity contribution in [2.75, 3.05) is 7.05 Å². The number of nitrogens with one attached hydrogen (secondary N) is 1. The largest absolute Gasteiger partial charge is 0.313 e. The van der Waals surface area contributed by atoms with Crippen molar-refractivity contribution in [3.63, 3.8) is 0 Å². The molecule has 0 radical (unpaired) electrons. The van der Waals surface area contributed by atoms with Crippen molar-refractivity contribution in [2.45, 2.75) is 20.4 Å². The van der Waals surface area contributed by atoms with Crippen molar-refractivity contribution in [1.29, 1.82) is 0 Å². The van der Waals surface area contributed by atoms with Gasteiger partial charge in [0.05, 0.1) is 12.2 Å². The number of benzene rings is 1. The summed E-state index contributed by atoms with van der Waals surface area (Å²) < 4.78 is 0. The van der Waals surface area contributed by atoms with Gasteiger partial charge in [-0.25, -0.2) is 9.97 Å². The highest BCUT2D eigenvalue weighted by atomic mass is 15.0. The van der Waals surface area contributed by atoms with Crippen LogP contribution in [0.4, 0.5) is 0 Å². The minimum Gasteiger partial charge on any atom is -0.313 e. The molecule has 0 saturated heterocycles. The third kappa shape index (κ3) is 2.88. The van der Waals surface area contributed by atoms with Gasteiger partial charge in [-0.15, -0.1) is 0 Å². The van der Waals surface area contributed by atoms with E-state index in [-0.39, 0.29) is 0 Å². The Morgan fingerprint density at radius 1 is 1.12 bits per heavy atom. The summed E-state index contributed by atoms with van der Waals surface area (Å²) in [6.45, 7) is 4.78. The molecule has 0 amide bonds. The lowest BCUT2D eigenvalue weighted by Crippen LogP contribution is -2.10. The van der Waals surface area contributed by atoms with Crippen LogP contribution in [0.2, 0.25) is 0 Å². The molecule has 1 heterocycles. The molecule has 17 heavy (non-hydrogen) atoms. The van der Waals surface area contributed by atoms with Gasteiger partial charge >= 0.3 is 0 Å². The molecule has 0 atom stereocenters. The van der Waals surface area contributed by atoms with Crippen LogP contribution >= 0.6 is 0 Å². The Labute approximate surface area is 102 Å². The smallest absolute Gasteiger partial charge is 0.143 e. The van der Waals surface area contributed by atoms with E-state index in [2.05, 4.69) is 46.5 Å². The normalized spacial score (nSPS) is 10.5. The molecule has 1 N–H and O–H groups in total. The van der Waals surface area contributed by atoms with Crippen LogP contribution in [0.1, 0.15) is 17.1 Å². The molecule has 3 nitrogen and oxygen atoms in total. The van der Waals surface area contributed by atoms with Gasteiger partial charge in [0.25, 0.3) is 0 Å². The average molecular weight is 227 g/mol. The molecule has 0 fully saturated rings. The first-order valence-corrected chi connectivity index (χ1v) is 5.75. The Hall–Kier alpha value is -1.74. The zero-order valence-corrected chi connectivity index (χ0v) is 10.5. The molecule has 1 aromatic carbocycles. The first-order chi connectivity index (χ1) is 8.19. The molecule has 1 aromatic heterocycles. The SMILES string of the molecule is CNCc1nc(C)cc(-c2cccc(C)c2)n1. The van der Waals surface area contributed by atoms with E-state index in [0.29, 0.717) is 6.54 Å². The first-order valence-electron chi connectivity index (χ1n) is 5.75. The van der Waals surface area contributed by atoms with E-state index in [1.165, 1.54) is 5.56 Å². The summed E-state index contributed by atoms with van der Waals surface area (Å²) in [5, 5.41) is 3.08. The fourth-order valence-corrected chi connectivity index (χ4v) is 1.82. The number of rotatable bonds is 3. The Morgan fingerprint density at radius 2 is 1.94 bits per heavy atom. The average Bonchev–Trinajstić information content (AvgIpc) is 2.28. The van der Waals surface area contributed by atoms with Gasteiger partial charge in [0.2, 0.25) is 0 Å². The summed E-state index contributed by atoms with van der Waals surface area (Å²) in [4.78, 5) is 8.96. The first kappa shape index (κ1) is 11.7. The molecular formula is C14H17N3. The number of hydrogen-bond donors (Lipinski definition) is 1. The minimum atomic E-state index is 0.695. The van der Waals surface area contributed by atoms with Gasteiger partial charge in [0, 0.05) is 11.3 Å². The number of aromatic nitrogens is 2. The monoisotopic (exact) mass is 227 g/mol. The summed E-state index contributed by atoms with van der Waals surface area (Å²) >= 11 is 0. The molecule has 0 aliphatic heterocycles. The molecular weight excluding hydrogens is 210 g/mol. The van der Waals surface area contributed by atoms with Crippen molar-refractivity contribution in [1.82, 2.24) is 15.3 Å². The molecule has 3 heteroatoms. The second kappa shape index (κ2) is 5.06. The fraction of sp³-hybridized carbons (Fsp3) is 0.286. The van der Waals surface area contributed by atoms with E-state index in [0.717, 1.165) is 22.8 Å². The Bertz CT molecular complexity index is 521. The van der Waals surface area contributed by atoms with E-state index >= 15 is 0 Å². The summed E-state index contributed by atoms with van der Waals surface area (Å²) in [7, 11) is 1.90. The third-order valence-electron chi connectivity index (χ3n) is 2.55. The van der Waals surface area contributed by atoms with Gasteiger partial charge in [0.1, 0.15) is 5.82 Å². The van der Waals surface area contributed by atoms with Crippen LogP contribution in [0.15, 0.2) is 30.3 Å². The summed E-state index contributed by atoms with van der Waals surface area (Å²) in [5.74, 6) is 0.837. The molecule has 0 bridgehead atoms. The van der Waals surface area contributed by atoms with E-state index < -0.39 is 0 Å². The van der Waals surface area contributed by atoms with Gasteiger partial charge in [0.15, 0.2) is 0 Å². The fourth-order valence-electron chi connectivity index (χ4n) is 1.82. The lowest BCUT2D eigenvalue weighted by Gasteiger charge is -2.06. The maximum absolute atomic E-state index is 4.56. The molecule has 0 unspecified atom stereocenters. The van der Waals surface area contributed by atoms with Crippen molar-refractivity contribution in [2.24, 2.45) is 0 Å². The zero-order valence-electron chi connectivity index (χ0n) is 10.5. The van der Waals surface area contributed by atoms with E-state index in [9.17, 15) is 0 Å². The van der Waals surface area contributed by atoms with Crippen LogP contribution in [-0.2, 0) is 6.54 Å². The molecule has 88 valence electrons. The van der Waals surface area contributed by atoms with Crippen molar-refractivity contribution < 1.29 is 0 Å². The van der Waals surface area contributed by atoms with Gasteiger partial charge in [-0.2, -0.15) is 0 Å². The standard InChI is InChI=1S/C14H17N3/c1-10-5-4-6-12(7-10)13-8-11(2)16-14(17-13)9-15-3/h4-8,15H,9H2,1-3H3. The molecule has 0 aliphatic rings. The number of nitrogens with zero attached hydrogens (tertiary/aromatic N) is 2. The highest BCUT2D eigenvalue weighted by Crippen LogP contribution is 2.18. The van der Waals surface area contributed by atoms with E-state index in [4.69, 9.17) is 0 Å². The molecule has 0 spiro atoms. The van der Waals surface area contributed by atoms with Crippen LogP contribution < -0.4 is 5.32 Å².